The van der Waals surface area contributed by atoms with Crippen LogP contribution in [0.2, 0.25) is 0 Å². The Morgan fingerprint density at radius 3 is 2.25 bits per heavy atom. The predicted molar refractivity (Wildman–Crippen MR) is 159 cm³/mol. The number of H-pyrrole nitrogens is 2. The molecule has 4 amide bonds. The molecule has 0 saturated heterocycles. The van der Waals surface area contributed by atoms with E-state index in [1.165, 1.54) is 12.5 Å². The lowest BCUT2D eigenvalue weighted by molar-refractivity contribution is -0.142. The number of aliphatic imine (C=N–C) groups is 1. The summed E-state index contributed by atoms with van der Waals surface area (Å²) in [6.45, 7) is 0.147. The maximum Gasteiger partial charge on any atom is 0.326 e. The number of aromatic nitrogens is 3. The zero-order valence-corrected chi connectivity index (χ0v) is 23.8. The zero-order valence-electron chi connectivity index (χ0n) is 23.8. The number of benzene rings is 1. The molecule has 4 atom stereocenters. The molecule has 0 aliphatic rings. The highest BCUT2D eigenvalue weighted by Crippen LogP contribution is 2.19. The Hall–Kier alpha value is -5.45. The highest BCUT2D eigenvalue weighted by atomic mass is 16.4. The number of guanidine groups is 1. The summed E-state index contributed by atoms with van der Waals surface area (Å²) in [6, 6.07) is 2.07. The van der Waals surface area contributed by atoms with Crippen LogP contribution in [-0.4, -0.2) is 86.3 Å². The summed E-state index contributed by atoms with van der Waals surface area (Å²) in [6.07, 6.45) is 4.25. The Kier molecular flexibility index (Phi) is 11.8. The van der Waals surface area contributed by atoms with Crippen molar-refractivity contribution in [3.8, 4) is 0 Å². The second-order valence-corrected chi connectivity index (χ2v) is 10.1. The molecule has 0 spiro atoms. The Morgan fingerprint density at radius 2 is 1.59 bits per heavy atom. The van der Waals surface area contributed by atoms with Crippen LogP contribution >= 0.6 is 0 Å². The number of aromatic amines is 2. The monoisotopic (exact) mass is 611 g/mol. The minimum absolute atomic E-state index is 0.000182. The summed E-state index contributed by atoms with van der Waals surface area (Å²) in [7, 11) is 0. The molecule has 2 aromatic heterocycles. The number of primary amides is 1. The minimum Gasteiger partial charge on any atom is -0.480 e. The third kappa shape index (κ3) is 9.83. The smallest absolute Gasteiger partial charge is 0.326 e. The fourth-order valence-corrected chi connectivity index (χ4v) is 4.45. The van der Waals surface area contributed by atoms with Crippen LogP contribution in [0.4, 0.5) is 0 Å². The molecule has 0 aliphatic carbocycles. The molecule has 0 fully saturated rings. The van der Waals surface area contributed by atoms with Gasteiger partial charge >= 0.3 is 5.97 Å². The van der Waals surface area contributed by atoms with Gasteiger partial charge in [-0.1, -0.05) is 18.2 Å². The van der Waals surface area contributed by atoms with Crippen LogP contribution in [0.1, 0.15) is 30.5 Å². The number of para-hydroxylation sites is 1. The molecular formula is C27H37N11O6. The summed E-state index contributed by atoms with van der Waals surface area (Å²) in [4.78, 5) is 77.0. The number of carboxylic acid groups (broad SMARTS) is 1. The van der Waals surface area contributed by atoms with Gasteiger partial charge in [-0.3, -0.25) is 24.2 Å². The minimum atomic E-state index is -1.47. The number of aliphatic carboxylic acids is 1. The molecule has 4 unspecified atom stereocenters. The van der Waals surface area contributed by atoms with Gasteiger partial charge < -0.3 is 54.0 Å². The second kappa shape index (κ2) is 15.7. The van der Waals surface area contributed by atoms with Gasteiger partial charge in [0.25, 0.3) is 0 Å². The van der Waals surface area contributed by atoms with E-state index in [1.807, 2.05) is 18.2 Å². The quantitative estimate of drug-likeness (QED) is 0.0433. The Bertz CT molecular complexity index is 1480. The number of carbonyl (C=O) groups excluding carboxylic acids is 4. The van der Waals surface area contributed by atoms with E-state index >= 15 is 0 Å². The normalized spacial score (nSPS) is 13.7. The lowest BCUT2D eigenvalue weighted by Gasteiger charge is -2.25. The number of imidazole rings is 1. The van der Waals surface area contributed by atoms with Crippen LogP contribution in [0, 0.1) is 0 Å². The highest BCUT2D eigenvalue weighted by Gasteiger charge is 2.32. The first-order chi connectivity index (χ1) is 20.9. The van der Waals surface area contributed by atoms with E-state index in [0.717, 1.165) is 10.9 Å². The van der Waals surface area contributed by atoms with Crippen molar-refractivity contribution in [2.45, 2.75) is 56.3 Å². The molecule has 17 nitrogen and oxygen atoms in total. The van der Waals surface area contributed by atoms with Crippen molar-refractivity contribution >= 4 is 46.5 Å². The molecule has 0 aliphatic heterocycles. The molecule has 44 heavy (non-hydrogen) atoms. The zero-order chi connectivity index (χ0) is 32.2. The number of fused-ring (bicyclic) bond motifs is 1. The van der Waals surface area contributed by atoms with Crippen molar-refractivity contribution < 1.29 is 29.1 Å². The fourth-order valence-electron chi connectivity index (χ4n) is 4.45. The van der Waals surface area contributed by atoms with Crippen LogP contribution in [0.25, 0.3) is 10.9 Å². The van der Waals surface area contributed by atoms with Gasteiger partial charge in [-0.2, -0.15) is 0 Å². The predicted octanol–water partition coefficient (Wildman–Crippen LogP) is -2.53. The topological polar surface area (TPSA) is 303 Å². The fraction of sp³-hybridized carbons (Fsp3) is 0.370. The number of rotatable bonds is 17. The first-order valence-corrected chi connectivity index (χ1v) is 13.7. The maximum atomic E-state index is 13.5. The standard InChI is InChI=1S/C27H37N11O6/c28-17(9-15-12-32-13-35-15)23(40)37-21(10-22(29)39)25(42)38-20(8-14-11-34-18-5-2-1-4-16(14)18)24(41)36-19(26(43)44)6-3-7-33-27(30)31/h1-2,4-5,11-13,17,19-21,34H,3,6-10,28H2,(H2,29,39)(H,32,35)(H,36,41)(H,37,40)(H,38,42)(H,43,44)(H4,30,31,33). The largest absolute Gasteiger partial charge is 0.480 e. The lowest BCUT2D eigenvalue weighted by atomic mass is 10.0. The van der Waals surface area contributed by atoms with Gasteiger partial charge in [-0.15, -0.1) is 0 Å². The molecule has 0 radical (unpaired) electrons. The van der Waals surface area contributed by atoms with Crippen molar-refractivity contribution in [2.75, 3.05) is 6.54 Å². The molecule has 2 heterocycles. The summed E-state index contributed by atoms with van der Waals surface area (Å²) >= 11 is 0. The van der Waals surface area contributed by atoms with E-state index < -0.39 is 60.2 Å². The molecule has 0 saturated carbocycles. The molecule has 1 aromatic carbocycles. The third-order valence-corrected chi connectivity index (χ3v) is 6.66. The van der Waals surface area contributed by atoms with Gasteiger partial charge in [0.2, 0.25) is 23.6 Å². The Labute approximate surface area is 251 Å². The molecular weight excluding hydrogens is 574 g/mol. The van der Waals surface area contributed by atoms with Crippen molar-refractivity contribution in [2.24, 2.45) is 27.9 Å². The van der Waals surface area contributed by atoms with E-state index in [9.17, 15) is 29.1 Å². The van der Waals surface area contributed by atoms with Gasteiger partial charge in [0, 0.05) is 48.4 Å². The first-order valence-electron chi connectivity index (χ1n) is 13.7. The van der Waals surface area contributed by atoms with Crippen LogP contribution in [0.3, 0.4) is 0 Å². The summed E-state index contributed by atoms with van der Waals surface area (Å²) in [5.41, 5.74) is 23.9. The average molecular weight is 612 g/mol. The van der Waals surface area contributed by atoms with E-state index in [1.54, 1.807) is 12.3 Å². The highest BCUT2D eigenvalue weighted by molar-refractivity contribution is 5.96. The third-order valence-electron chi connectivity index (χ3n) is 6.66. The van der Waals surface area contributed by atoms with Crippen molar-refractivity contribution in [1.82, 2.24) is 30.9 Å². The number of amides is 4. The number of carboxylic acids is 1. The molecule has 14 N–H and O–H groups in total. The van der Waals surface area contributed by atoms with E-state index in [0.29, 0.717) is 11.3 Å². The molecule has 3 aromatic rings. The number of nitrogens with one attached hydrogen (secondary N) is 5. The van der Waals surface area contributed by atoms with E-state index in [2.05, 4.69) is 35.9 Å². The van der Waals surface area contributed by atoms with Gasteiger partial charge in [0.05, 0.1) is 18.8 Å². The van der Waals surface area contributed by atoms with Crippen LogP contribution in [0.15, 0.2) is 48.0 Å². The number of nitrogens with zero attached hydrogens (tertiary/aromatic N) is 2. The van der Waals surface area contributed by atoms with Crippen molar-refractivity contribution in [3.63, 3.8) is 0 Å². The number of hydrogen-bond donors (Lipinski definition) is 10. The number of hydrogen-bond acceptors (Lipinski definition) is 8. The van der Waals surface area contributed by atoms with Crippen LogP contribution in [-0.2, 0) is 36.8 Å². The molecule has 3 rings (SSSR count). The van der Waals surface area contributed by atoms with E-state index in [4.69, 9.17) is 22.9 Å². The lowest BCUT2D eigenvalue weighted by Crippen LogP contribution is -2.58. The molecule has 17 heteroatoms. The van der Waals surface area contributed by atoms with Crippen LogP contribution < -0.4 is 38.9 Å². The molecule has 236 valence electrons. The Morgan fingerprint density at radius 1 is 0.909 bits per heavy atom. The maximum absolute atomic E-state index is 13.5. The molecule has 0 bridgehead atoms. The summed E-state index contributed by atoms with van der Waals surface area (Å²) in [5, 5.41) is 17.9. The summed E-state index contributed by atoms with van der Waals surface area (Å²) in [5.74, 6) is -4.79. The van der Waals surface area contributed by atoms with Crippen molar-refractivity contribution in [1.29, 1.82) is 0 Å². The van der Waals surface area contributed by atoms with Gasteiger partial charge in [-0.05, 0) is 24.5 Å². The number of carbonyl (C=O) groups is 5. The van der Waals surface area contributed by atoms with Gasteiger partial charge in [0.15, 0.2) is 5.96 Å². The Balaban J connectivity index is 1.80. The second-order valence-electron chi connectivity index (χ2n) is 10.1. The number of nitrogens with two attached hydrogens (primary N) is 4. The van der Waals surface area contributed by atoms with Crippen LogP contribution in [0.5, 0.6) is 0 Å². The van der Waals surface area contributed by atoms with Gasteiger partial charge in [-0.25, -0.2) is 9.78 Å². The van der Waals surface area contributed by atoms with Gasteiger partial charge in [0.1, 0.15) is 18.1 Å². The SMILES string of the molecule is NC(=O)CC(NC(=O)C(N)Cc1cnc[nH]1)C(=O)NC(Cc1c[nH]c2ccccc12)C(=O)NC(CCCN=C(N)N)C(=O)O. The van der Waals surface area contributed by atoms with Crippen molar-refractivity contribution in [3.05, 3.63) is 54.2 Å². The average Bonchev–Trinajstić information content (AvgIpc) is 3.63. The summed E-state index contributed by atoms with van der Waals surface area (Å²) < 4.78 is 0. The first kappa shape index (κ1) is 33.1. The van der Waals surface area contributed by atoms with E-state index in [-0.39, 0.29) is 38.2 Å².